The number of rotatable bonds is 6. The first-order valence-electron chi connectivity index (χ1n) is 26.5. The van der Waals surface area contributed by atoms with Crippen molar-refractivity contribution >= 4 is 136 Å². The Kier molecular flexibility index (Phi) is 8.19. The lowest BCUT2D eigenvalue weighted by atomic mass is 9.81. The summed E-state index contributed by atoms with van der Waals surface area (Å²) >= 11 is 0. The van der Waals surface area contributed by atoms with Crippen molar-refractivity contribution in [2.75, 3.05) is 11.5 Å². The summed E-state index contributed by atoms with van der Waals surface area (Å²) in [6.07, 6.45) is 6.87. The number of allylic oxidation sites excluding steroid dienone is 2. The molecule has 0 radical (unpaired) electrons. The molecule has 0 fully saturated rings. The highest BCUT2D eigenvalue weighted by atomic mass is 14.6. The minimum Gasteiger partial charge on any atom is -0.398 e. The molecule has 1 aliphatic carbocycles. The van der Waals surface area contributed by atoms with Crippen molar-refractivity contribution in [2.45, 2.75) is 13.3 Å². The first kappa shape index (κ1) is 41.7. The summed E-state index contributed by atoms with van der Waals surface area (Å²) in [7, 11) is 0. The van der Waals surface area contributed by atoms with Crippen LogP contribution in [0.3, 0.4) is 0 Å². The molecule has 0 aromatic heterocycles. The average Bonchev–Trinajstić information content (AvgIpc) is 3.93. The Hall–Kier alpha value is -9.76. The van der Waals surface area contributed by atoms with Gasteiger partial charge < -0.3 is 11.5 Å². The standard InChI is InChI=1S/C74H46N2/c1-3-14-39-24-26-52(59(75)36-39)65-44-20-10-11-21-45(44)66(53-27-25-40(15-4-2)37-60(53)76)72-56-34-30-50-51-31-35-57-67-54(32-28-48(63(51)67)49-29-33-55(71(65)72)68(56)64(49)50)70-61(41-16-6-5-7-17-41)58-38-42-18-8-9-19-43(42)62-46-22-12-13-23-47(46)69(73(57)70)74(58)62/h3-14,16-38H,2,15,75-76H2,1H3/b14-3+. The van der Waals surface area contributed by atoms with Crippen molar-refractivity contribution in [2.24, 2.45) is 0 Å². The Morgan fingerprint density at radius 2 is 0.803 bits per heavy atom. The van der Waals surface area contributed by atoms with E-state index in [-0.39, 0.29) is 0 Å². The second kappa shape index (κ2) is 14.9. The minimum atomic E-state index is 0.753. The van der Waals surface area contributed by atoms with Crippen LogP contribution < -0.4 is 11.5 Å². The number of nitrogens with two attached hydrogens (primary N) is 2. The summed E-state index contributed by atoms with van der Waals surface area (Å²) in [5.74, 6) is 0. The maximum atomic E-state index is 7.20. The molecule has 0 amide bonds. The maximum absolute atomic E-state index is 7.20. The van der Waals surface area contributed by atoms with E-state index in [1.807, 2.05) is 13.0 Å². The van der Waals surface area contributed by atoms with Crippen molar-refractivity contribution in [3.8, 4) is 55.6 Å². The van der Waals surface area contributed by atoms with E-state index in [0.29, 0.717) is 0 Å². The van der Waals surface area contributed by atoms with E-state index >= 15 is 0 Å². The third-order valence-corrected chi connectivity index (χ3v) is 17.5. The lowest BCUT2D eigenvalue weighted by Gasteiger charge is -2.22. The summed E-state index contributed by atoms with van der Waals surface area (Å²) < 4.78 is 0. The van der Waals surface area contributed by atoms with E-state index in [0.717, 1.165) is 61.9 Å². The molecule has 16 aromatic carbocycles. The molecule has 76 heavy (non-hydrogen) atoms. The van der Waals surface area contributed by atoms with Crippen LogP contribution in [0.25, 0.3) is 180 Å². The highest BCUT2D eigenvalue weighted by Crippen LogP contribution is 2.62. The number of hydrogen-bond acceptors (Lipinski definition) is 2. The molecule has 0 unspecified atom stereocenters. The maximum Gasteiger partial charge on any atom is 0.0400 e. The number of anilines is 2. The zero-order chi connectivity index (χ0) is 50.2. The number of fused-ring (bicyclic) bond motifs is 15. The molecule has 1 aliphatic rings. The second-order valence-corrected chi connectivity index (χ2v) is 21.3. The van der Waals surface area contributed by atoms with E-state index in [1.165, 1.54) is 141 Å². The predicted molar refractivity (Wildman–Crippen MR) is 331 cm³/mol. The van der Waals surface area contributed by atoms with Gasteiger partial charge in [0.2, 0.25) is 0 Å². The minimum absolute atomic E-state index is 0.753. The van der Waals surface area contributed by atoms with Gasteiger partial charge in [-0.2, -0.15) is 0 Å². The molecular weight excluding hydrogens is 917 g/mol. The topological polar surface area (TPSA) is 52.0 Å². The fourth-order valence-electron chi connectivity index (χ4n) is 14.7. The zero-order valence-corrected chi connectivity index (χ0v) is 41.8. The summed E-state index contributed by atoms with van der Waals surface area (Å²) in [5.41, 5.74) is 29.9. The summed E-state index contributed by atoms with van der Waals surface area (Å²) in [6, 6.07) is 73.1. The Morgan fingerprint density at radius 3 is 1.43 bits per heavy atom. The van der Waals surface area contributed by atoms with E-state index < -0.39 is 0 Å². The van der Waals surface area contributed by atoms with Crippen LogP contribution in [0.4, 0.5) is 11.4 Å². The Morgan fingerprint density at radius 1 is 0.342 bits per heavy atom. The number of nitrogen functional groups attached to an aromatic ring is 2. The molecular formula is C74H46N2. The van der Waals surface area contributed by atoms with Crippen molar-refractivity contribution < 1.29 is 0 Å². The smallest absolute Gasteiger partial charge is 0.0400 e. The van der Waals surface area contributed by atoms with Gasteiger partial charge in [-0.25, -0.2) is 0 Å². The lowest BCUT2D eigenvalue weighted by molar-refractivity contribution is 1.28. The van der Waals surface area contributed by atoms with Gasteiger partial charge in [-0.15, -0.1) is 6.58 Å². The first-order valence-corrected chi connectivity index (χ1v) is 26.5. The Balaban J connectivity index is 1.03. The monoisotopic (exact) mass is 962 g/mol. The molecule has 352 valence electrons. The van der Waals surface area contributed by atoms with Gasteiger partial charge >= 0.3 is 0 Å². The van der Waals surface area contributed by atoms with Crippen LogP contribution in [0.15, 0.2) is 213 Å². The van der Waals surface area contributed by atoms with Gasteiger partial charge in [-0.3, -0.25) is 0 Å². The van der Waals surface area contributed by atoms with E-state index in [2.05, 4.69) is 213 Å². The fourth-order valence-corrected chi connectivity index (χ4v) is 14.7. The molecule has 17 rings (SSSR count). The van der Waals surface area contributed by atoms with Crippen LogP contribution in [0.5, 0.6) is 0 Å². The Bertz CT molecular complexity index is 5270. The molecule has 0 saturated carbocycles. The molecule has 0 atom stereocenters. The predicted octanol–water partition coefficient (Wildman–Crippen LogP) is 20.3. The average molecular weight is 963 g/mol. The molecule has 16 aromatic rings. The van der Waals surface area contributed by atoms with Crippen LogP contribution in [-0.2, 0) is 6.42 Å². The first-order chi connectivity index (χ1) is 37.5. The van der Waals surface area contributed by atoms with Crippen LogP contribution in [0, 0.1) is 0 Å². The molecule has 4 N–H and O–H groups in total. The van der Waals surface area contributed by atoms with Crippen molar-refractivity contribution in [3.63, 3.8) is 0 Å². The quantitative estimate of drug-likeness (QED) is 0.0755. The highest BCUT2D eigenvalue weighted by molar-refractivity contribution is 6.53. The van der Waals surface area contributed by atoms with Crippen molar-refractivity contribution in [1.29, 1.82) is 0 Å². The molecule has 2 heteroatoms. The van der Waals surface area contributed by atoms with Crippen LogP contribution in [-0.4, -0.2) is 0 Å². The van der Waals surface area contributed by atoms with Crippen LogP contribution in [0.1, 0.15) is 18.1 Å². The normalized spacial score (nSPS) is 12.7. The van der Waals surface area contributed by atoms with Gasteiger partial charge in [0.15, 0.2) is 0 Å². The van der Waals surface area contributed by atoms with Crippen LogP contribution >= 0.6 is 0 Å². The van der Waals surface area contributed by atoms with Crippen molar-refractivity contribution in [3.05, 3.63) is 224 Å². The van der Waals surface area contributed by atoms with Gasteiger partial charge in [0.1, 0.15) is 0 Å². The van der Waals surface area contributed by atoms with Gasteiger partial charge in [-0.1, -0.05) is 194 Å². The second-order valence-electron chi connectivity index (χ2n) is 21.3. The molecule has 0 bridgehead atoms. The summed E-state index contributed by atoms with van der Waals surface area (Å²) in [6.45, 7) is 6.08. The van der Waals surface area contributed by atoms with Gasteiger partial charge in [-0.05, 0) is 195 Å². The molecule has 0 aliphatic heterocycles. The number of benzene rings is 14. The summed E-state index contributed by atoms with van der Waals surface area (Å²) in [4.78, 5) is 0. The van der Waals surface area contributed by atoms with E-state index in [9.17, 15) is 0 Å². The van der Waals surface area contributed by atoms with Gasteiger partial charge in [0.05, 0.1) is 0 Å². The molecule has 0 spiro atoms. The Labute approximate surface area is 438 Å². The molecule has 0 saturated heterocycles. The zero-order valence-electron chi connectivity index (χ0n) is 41.8. The largest absolute Gasteiger partial charge is 0.398 e. The lowest BCUT2D eigenvalue weighted by Crippen LogP contribution is -1.99. The van der Waals surface area contributed by atoms with Gasteiger partial charge in [0.25, 0.3) is 0 Å². The van der Waals surface area contributed by atoms with E-state index in [1.54, 1.807) is 0 Å². The SMILES string of the molecule is C=CCc1ccc(-c2c3c(c(-c4ccc(/C=C/C)cc4N)c4ccccc24)-c2ccc4c5ccc6c7c(-c8ccccc8)c8cc9ccccc9c9c%10ccccc%10c(c7c7ccc(c%10ccc-3c2c4%10)c5c67)c89)c(N)c1. The van der Waals surface area contributed by atoms with Crippen LogP contribution in [0.2, 0.25) is 0 Å². The summed E-state index contributed by atoms with van der Waals surface area (Å²) in [5, 5.41) is 28.5. The van der Waals surface area contributed by atoms with E-state index in [4.69, 9.17) is 11.5 Å². The molecule has 0 heterocycles. The van der Waals surface area contributed by atoms with Crippen molar-refractivity contribution in [1.82, 2.24) is 0 Å². The van der Waals surface area contributed by atoms with Gasteiger partial charge in [0, 0.05) is 33.6 Å². The number of hydrogen-bond donors (Lipinski definition) is 2. The molecule has 2 nitrogen and oxygen atoms in total. The third-order valence-electron chi connectivity index (χ3n) is 17.5. The third kappa shape index (κ3) is 5.16. The highest BCUT2D eigenvalue weighted by Gasteiger charge is 2.34. The fraction of sp³-hybridized carbons (Fsp3) is 0.0270.